The van der Waals surface area contributed by atoms with Crippen LogP contribution in [0.5, 0.6) is 5.75 Å². The van der Waals surface area contributed by atoms with Crippen LogP contribution in [0.15, 0.2) is 24.3 Å². The maximum Gasteiger partial charge on any atom is 0.409 e. The fourth-order valence-electron chi connectivity index (χ4n) is 3.32. The summed E-state index contributed by atoms with van der Waals surface area (Å²) < 4.78 is 11.4. The molecule has 0 aromatic heterocycles. The summed E-state index contributed by atoms with van der Waals surface area (Å²) in [7, 11) is 0. The lowest BCUT2D eigenvalue weighted by Gasteiger charge is -2.34. The molecule has 0 radical (unpaired) electrons. The normalized spacial score (nSPS) is 21.5. The van der Waals surface area contributed by atoms with E-state index in [1.54, 1.807) is 4.90 Å². The molecule has 1 aromatic carbocycles. The first-order chi connectivity index (χ1) is 11.8. The first-order valence-electron chi connectivity index (χ1n) is 8.91. The van der Waals surface area contributed by atoms with Crippen molar-refractivity contribution >= 4 is 11.8 Å². The molecule has 2 saturated heterocycles. The van der Waals surface area contributed by atoms with Gasteiger partial charge in [-0.15, -0.1) is 0 Å². The summed E-state index contributed by atoms with van der Waals surface area (Å²) in [6.45, 7) is 7.54. The van der Waals surface area contributed by atoms with E-state index in [1.807, 2.05) is 19.1 Å². The van der Waals surface area contributed by atoms with Gasteiger partial charge in [0.05, 0.1) is 18.8 Å². The van der Waals surface area contributed by atoms with Crippen LogP contribution in [0.4, 0.5) is 10.5 Å². The molecule has 0 aliphatic carbocycles. The highest BCUT2D eigenvalue weighted by atomic mass is 16.6. The zero-order valence-electron chi connectivity index (χ0n) is 14.4. The average Bonchev–Trinajstić information content (AvgIpc) is 2.63. The molecule has 1 atom stereocenters. The van der Waals surface area contributed by atoms with E-state index in [-0.39, 0.29) is 12.2 Å². The second-order valence-corrected chi connectivity index (χ2v) is 6.23. The summed E-state index contributed by atoms with van der Waals surface area (Å²) in [6.07, 6.45) is 1.69. The van der Waals surface area contributed by atoms with Gasteiger partial charge in [-0.2, -0.15) is 0 Å². The monoisotopic (exact) mass is 333 g/mol. The number of para-hydroxylation sites is 2. The first kappa shape index (κ1) is 16.9. The van der Waals surface area contributed by atoms with Gasteiger partial charge >= 0.3 is 6.09 Å². The number of benzene rings is 1. The fraction of sp³-hybridized carbons (Fsp3) is 0.611. The van der Waals surface area contributed by atoms with Crippen molar-refractivity contribution in [2.75, 3.05) is 50.8 Å². The van der Waals surface area contributed by atoms with Crippen molar-refractivity contribution in [2.24, 2.45) is 0 Å². The zero-order chi connectivity index (χ0) is 16.8. The molecule has 6 nitrogen and oxygen atoms in total. The number of piperazine rings is 1. The predicted octanol–water partition coefficient (Wildman–Crippen LogP) is 2.10. The molecule has 1 aromatic rings. The van der Waals surface area contributed by atoms with E-state index in [9.17, 15) is 4.79 Å². The Labute approximate surface area is 143 Å². The Balaban J connectivity index is 1.66. The predicted molar refractivity (Wildman–Crippen MR) is 93.8 cm³/mol. The minimum atomic E-state index is -0.235. The molecule has 2 aliphatic rings. The van der Waals surface area contributed by atoms with Gasteiger partial charge < -0.3 is 24.6 Å². The third-order valence-corrected chi connectivity index (χ3v) is 4.52. The number of hydrogen-bond acceptors (Lipinski definition) is 5. The van der Waals surface area contributed by atoms with E-state index >= 15 is 0 Å². The fourth-order valence-corrected chi connectivity index (χ4v) is 3.32. The Bertz CT molecular complexity index is 546. The highest BCUT2D eigenvalue weighted by molar-refractivity contribution is 5.67. The van der Waals surface area contributed by atoms with Gasteiger partial charge in [0.1, 0.15) is 11.9 Å². The summed E-state index contributed by atoms with van der Waals surface area (Å²) in [6, 6.07) is 8.20. The second kappa shape index (κ2) is 8.24. The summed E-state index contributed by atoms with van der Waals surface area (Å²) in [5.41, 5.74) is 1.15. The Morgan fingerprint density at radius 3 is 2.83 bits per heavy atom. The maximum absolute atomic E-state index is 11.9. The lowest BCUT2D eigenvalue weighted by Crippen LogP contribution is -2.45. The maximum atomic E-state index is 11.9. The summed E-state index contributed by atoms with van der Waals surface area (Å²) >= 11 is 0. The molecule has 0 unspecified atom stereocenters. The van der Waals surface area contributed by atoms with Gasteiger partial charge in [0.25, 0.3) is 0 Å². The van der Waals surface area contributed by atoms with Crippen LogP contribution in [0, 0.1) is 0 Å². The smallest absolute Gasteiger partial charge is 0.409 e. The largest absolute Gasteiger partial charge is 0.486 e. The average molecular weight is 333 g/mol. The van der Waals surface area contributed by atoms with E-state index < -0.39 is 0 Å². The highest BCUT2D eigenvalue weighted by Crippen LogP contribution is 2.30. The molecule has 2 heterocycles. The van der Waals surface area contributed by atoms with Crippen LogP contribution in [0.25, 0.3) is 0 Å². The number of nitrogens with one attached hydrogen (secondary N) is 1. The minimum absolute atomic E-state index is 0.0206. The zero-order valence-corrected chi connectivity index (χ0v) is 14.4. The summed E-state index contributed by atoms with van der Waals surface area (Å²) in [5, 5.41) is 3.38. The van der Waals surface area contributed by atoms with E-state index in [2.05, 4.69) is 22.3 Å². The topological polar surface area (TPSA) is 54.0 Å². The molecule has 0 bridgehead atoms. The van der Waals surface area contributed by atoms with Crippen LogP contribution < -0.4 is 15.0 Å². The SMILES string of the molecule is CCOC(=O)N1CCC[C@H](Oc2ccccc2N2CCNCC2)C1. The summed E-state index contributed by atoms with van der Waals surface area (Å²) in [5.74, 6) is 0.912. The number of piperidine rings is 1. The van der Waals surface area contributed by atoms with Gasteiger partial charge in [0, 0.05) is 32.7 Å². The van der Waals surface area contributed by atoms with Crippen LogP contribution in [-0.4, -0.2) is 63.0 Å². The van der Waals surface area contributed by atoms with Crippen molar-refractivity contribution in [3.8, 4) is 5.75 Å². The molecule has 6 heteroatoms. The van der Waals surface area contributed by atoms with Crippen LogP contribution in [0.1, 0.15) is 19.8 Å². The Kier molecular flexibility index (Phi) is 5.80. The molecule has 3 rings (SSSR count). The van der Waals surface area contributed by atoms with Crippen molar-refractivity contribution < 1.29 is 14.3 Å². The molecule has 24 heavy (non-hydrogen) atoms. The molecule has 2 aliphatic heterocycles. The van der Waals surface area contributed by atoms with E-state index in [4.69, 9.17) is 9.47 Å². The number of anilines is 1. The van der Waals surface area contributed by atoms with Gasteiger partial charge in [0.15, 0.2) is 0 Å². The van der Waals surface area contributed by atoms with Crippen molar-refractivity contribution in [2.45, 2.75) is 25.9 Å². The van der Waals surface area contributed by atoms with Crippen LogP contribution in [0.2, 0.25) is 0 Å². The Morgan fingerprint density at radius 1 is 1.25 bits per heavy atom. The third kappa shape index (κ3) is 4.12. The number of amides is 1. The van der Waals surface area contributed by atoms with E-state index in [0.29, 0.717) is 13.2 Å². The molecule has 1 N–H and O–H groups in total. The number of carbonyl (C=O) groups is 1. The third-order valence-electron chi connectivity index (χ3n) is 4.52. The van der Waals surface area contributed by atoms with Crippen LogP contribution >= 0.6 is 0 Å². The van der Waals surface area contributed by atoms with Gasteiger partial charge in [-0.05, 0) is 31.9 Å². The first-order valence-corrected chi connectivity index (χ1v) is 8.91. The quantitative estimate of drug-likeness (QED) is 0.914. The van der Waals surface area contributed by atoms with Crippen molar-refractivity contribution in [1.82, 2.24) is 10.2 Å². The second-order valence-electron chi connectivity index (χ2n) is 6.23. The van der Waals surface area contributed by atoms with Gasteiger partial charge in [0.2, 0.25) is 0 Å². The molecule has 0 saturated carbocycles. The number of likely N-dealkylation sites (tertiary alicyclic amines) is 1. The van der Waals surface area contributed by atoms with E-state index in [1.165, 1.54) is 0 Å². The Morgan fingerprint density at radius 2 is 2.04 bits per heavy atom. The van der Waals surface area contributed by atoms with Gasteiger partial charge in [-0.1, -0.05) is 12.1 Å². The molecule has 132 valence electrons. The van der Waals surface area contributed by atoms with Crippen molar-refractivity contribution in [3.63, 3.8) is 0 Å². The number of ether oxygens (including phenoxy) is 2. The molecular formula is C18H27N3O3. The van der Waals surface area contributed by atoms with Crippen LogP contribution in [0.3, 0.4) is 0 Å². The number of nitrogens with zero attached hydrogens (tertiary/aromatic N) is 2. The Hall–Kier alpha value is -1.95. The lowest BCUT2D eigenvalue weighted by molar-refractivity contribution is 0.0613. The molecule has 2 fully saturated rings. The summed E-state index contributed by atoms with van der Waals surface area (Å²) in [4.78, 5) is 16.1. The van der Waals surface area contributed by atoms with Crippen LogP contribution in [-0.2, 0) is 4.74 Å². The van der Waals surface area contributed by atoms with Gasteiger partial charge in [-0.3, -0.25) is 0 Å². The highest BCUT2D eigenvalue weighted by Gasteiger charge is 2.26. The molecular weight excluding hydrogens is 306 g/mol. The standard InChI is InChI=1S/C18H27N3O3/c1-2-23-18(22)21-11-5-6-15(14-21)24-17-8-4-3-7-16(17)20-12-9-19-10-13-20/h3-4,7-8,15,19H,2,5-6,9-14H2,1H3/t15-/m0/s1. The number of carbonyl (C=O) groups excluding carboxylic acids is 1. The number of hydrogen-bond donors (Lipinski definition) is 1. The van der Waals surface area contributed by atoms with E-state index in [0.717, 1.165) is 57.0 Å². The molecule has 1 amide bonds. The van der Waals surface area contributed by atoms with Crippen molar-refractivity contribution in [3.05, 3.63) is 24.3 Å². The van der Waals surface area contributed by atoms with Crippen molar-refractivity contribution in [1.29, 1.82) is 0 Å². The number of rotatable bonds is 4. The minimum Gasteiger partial charge on any atom is -0.486 e. The van der Waals surface area contributed by atoms with Gasteiger partial charge in [-0.25, -0.2) is 4.79 Å². The molecule has 0 spiro atoms. The lowest BCUT2D eigenvalue weighted by atomic mass is 10.1.